The van der Waals surface area contributed by atoms with E-state index in [1.54, 1.807) is 0 Å². The molecule has 80 valence electrons. The molecule has 0 amide bonds. The summed E-state index contributed by atoms with van der Waals surface area (Å²) in [6, 6.07) is 15.7. The van der Waals surface area contributed by atoms with Gasteiger partial charge in [-0.05, 0) is 34.2 Å². The van der Waals surface area contributed by atoms with Gasteiger partial charge in [0.25, 0.3) is 0 Å². The van der Waals surface area contributed by atoms with Gasteiger partial charge in [0.15, 0.2) is 0 Å². The van der Waals surface area contributed by atoms with Gasteiger partial charge in [-0.15, -0.1) is 0 Å². The second kappa shape index (κ2) is 3.48. The van der Waals surface area contributed by atoms with Crippen molar-refractivity contribution < 1.29 is 0 Å². The van der Waals surface area contributed by atoms with Gasteiger partial charge in [-0.3, -0.25) is 0 Å². The van der Waals surface area contributed by atoms with Gasteiger partial charge in [-0.2, -0.15) is 0 Å². The molecular formula is C16H16. The molecule has 0 heterocycles. The van der Waals surface area contributed by atoms with E-state index in [4.69, 9.17) is 0 Å². The van der Waals surface area contributed by atoms with Crippen LogP contribution < -0.4 is 0 Å². The van der Waals surface area contributed by atoms with Gasteiger partial charge in [0.2, 0.25) is 0 Å². The van der Waals surface area contributed by atoms with E-state index >= 15 is 0 Å². The molecule has 0 fully saturated rings. The highest BCUT2D eigenvalue weighted by atomic mass is 14.3. The minimum absolute atomic E-state index is 0.553. The van der Waals surface area contributed by atoms with Gasteiger partial charge in [-0.1, -0.05) is 56.3 Å². The molecule has 0 aliphatic heterocycles. The molecular weight excluding hydrogens is 192 g/mol. The van der Waals surface area contributed by atoms with Crippen LogP contribution >= 0.6 is 0 Å². The summed E-state index contributed by atoms with van der Waals surface area (Å²) in [6.45, 7) is 4.53. The molecule has 0 heteroatoms. The highest BCUT2D eigenvalue weighted by Gasteiger charge is 2.24. The fourth-order valence-electron chi connectivity index (χ4n) is 2.72. The van der Waals surface area contributed by atoms with Crippen LogP contribution in [0.1, 0.15) is 36.5 Å². The van der Waals surface area contributed by atoms with Gasteiger partial charge < -0.3 is 0 Å². The normalized spacial score (nSPS) is 17.0. The van der Waals surface area contributed by atoms with Crippen LogP contribution in [0, 0.1) is 0 Å². The average Bonchev–Trinajstić information content (AvgIpc) is 2.64. The molecule has 0 saturated heterocycles. The maximum Gasteiger partial charge on any atom is 0.00734 e. The van der Waals surface area contributed by atoms with Crippen molar-refractivity contribution in [3.8, 4) is 11.1 Å². The molecule has 2 aromatic rings. The fourth-order valence-corrected chi connectivity index (χ4v) is 2.72. The Balaban J connectivity index is 2.24. The van der Waals surface area contributed by atoms with Crippen molar-refractivity contribution >= 4 is 0 Å². The Hall–Kier alpha value is -1.56. The number of fused-ring (bicyclic) bond motifs is 3. The number of rotatable bonds is 1. The first-order chi connectivity index (χ1) is 7.81. The minimum atomic E-state index is 0.553. The van der Waals surface area contributed by atoms with Gasteiger partial charge in [0.05, 0.1) is 0 Å². The second-order valence-corrected chi connectivity index (χ2v) is 4.58. The molecule has 1 aliphatic rings. The molecule has 3 rings (SSSR count). The molecule has 0 saturated carbocycles. The minimum Gasteiger partial charge on any atom is -0.0619 e. The Morgan fingerprint density at radius 2 is 1.69 bits per heavy atom. The number of benzene rings is 2. The third-order valence-corrected chi connectivity index (χ3v) is 3.71. The van der Waals surface area contributed by atoms with E-state index < -0.39 is 0 Å². The number of hydrogen-bond acceptors (Lipinski definition) is 0. The molecule has 0 unspecified atom stereocenters. The lowest BCUT2D eigenvalue weighted by Gasteiger charge is -2.07. The van der Waals surface area contributed by atoms with E-state index in [2.05, 4.69) is 56.3 Å². The zero-order chi connectivity index (χ0) is 11.1. The van der Waals surface area contributed by atoms with E-state index in [1.165, 1.54) is 27.8 Å². The third kappa shape index (κ3) is 1.23. The molecule has 0 N–H and O–H groups in total. The topological polar surface area (TPSA) is 0 Å². The van der Waals surface area contributed by atoms with E-state index in [9.17, 15) is 0 Å². The van der Waals surface area contributed by atoms with Crippen LogP contribution in [0.15, 0.2) is 42.5 Å². The van der Waals surface area contributed by atoms with Crippen molar-refractivity contribution in [1.82, 2.24) is 0 Å². The predicted molar refractivity (Wildman–Crippen MR) is 68.8 cm³/mol. The lowest BCUT2D eigenvalue weighted by Crippen LogP contribution is -1.90. The smallest absolute Gasteiger partial charge is 0.00734 e. The summed E-state index contributed by atoms with van der Waals surface area (Å²) in [5.41, 5.74) is 7.28. The van der Waals surface area contributed by atoms with Crippen molar-refractivity contribution in [2.45, 2.75) is 26.2 Å². The Morgan fingerprint density at radius 3 is 2.50 bits per heavy atom. The van der Waals surface area contributed by atoms with Crippen LogP contribution in [0.25, 0.3) is 11.1 Å². The summed E-state index contributed by atoms with van der Waals surface area (Å²) in [6.07, 6.45) is 1.12. The molecule has 0 radical (unpaired) electrons. The first-order valence-electron chi connectivity index (χ1n) is 6.03. The lowest BCUT2D eigenvalue weighted by molar-refractivity contribution is 0.950. The van der Waals surface area contributed by atoms with Crippen molar-refractivity contribution in [2.24, 2.45) is 0 Å². The van der Waals surface area contributed by atoms with E-state index in [-0.39, 0.29) is 0 Å². The average molecular weight is 208 g/mol. The third-order valence-electron chi connectivity index (χ3n) is 3.71. The zero-order valence-electron chi connectivity index (χ0n) is 9.83. The Bertz CT molecular complexity index is 537. The lowest BCUT2D eigenvalue weighted by atomic mass is 9.97. The van der Waals surface area contributed by atoms with Crippen LogP contribution in [0.3, 0.4) is 0 Å². The van der Waals surface area contributed by atoms with E-state index in [0.717, 1.165) is 6.42 Å². The highest BCUT2D eigenvalue weighted by molar-refractivity contribution is 5.78. The number of hydrogen-bond donors (Lipinski definition) is 0. The first-order valence-corrected chi connectivity index (χ1v) is 6.03. The van der Waals surface area contributed by atoms with Crippen LogP contribution in [-0.2, 0) is 6.42 Å². The molecule has 2 aromatic carbocycles. The van der Waals surface area contributed by atoms with Crippen molar-refractivity contribution in [3.05, 3.63) is 59.2 Å². The Morgan fingerprint density at radius 1 is 0.938 bits per heavy atom. The quantitative estimate of drug-likeness (QED) is 0.652. The van der Waals surface area contributed by atoms with Crippen LogP contribution in [-0.4, -0.2) is 0 Å². The van der Waals surface area contributed by atoms with E-state index in [1.807, 2.05) is 0 Å². The standard InChI is InChI=1S/C16H16/c1-3-12-8-9-15-14-7-5-4-6-13(14)11(2)16(15)10-12/h4-11H,3H2,1-2H3/t11-/m0/s1. The van der Waals surface area contributed by atoms with Gasteiger partial charge in [-0.25, -0.2) is 0 Å². The van der Waals surface area contributed by atoms with Crippen molar-refractivity contribution in [1.29, 1.82) is 0 Å². The fraction of sp³-hybridized carbons (Fsp3) is 0.250. The molecule has 1 atom stereocenters. The molecule has 0 nitrogen and oxygen atoms in total. The molecule has 0 aromatic heterocycles. The first kappa shape index (κ1) is 9.65. The molecule has 0 spiro atoms. The largest absolute Gasteiger partial charge is 0.0619 e. The van der Waals surface area contributed by atoms with Crippen molar-refractivity contribution in [3.63, 3.8) is 0 Å². The maximum absolute atomic E-state index is 2.38. The van der Waals surface area contributed by atoms with Crippen LogP contribution in [0.5, 0.6) is 0 Å². The summed E-state index contributed by atoms with van der Waals surface area (Å²) >= 11 is 0. The van der Waals surface area contributed by atoms with Gasteiger partial charge in [0, 0.05) is 5.92 Å². The van der Waals surface area contributed by atoms with Crippen LogP contribution in [0.2, 0.25) is 0 Å². The summed E-state index contributed by atoms with van der Waals surface area (Å²) in [7, 11) is 0. The van der Waals surface area contributed by atoms with Crippen LogP contribution in [0.4, 0.5) is 0 Å². The van der Waals surface area contributed by atoms with E-state index in [0.29, 0.717) is 5.92 Å². The Kier molecular flexibility index (Phi) is 2.10. The second-order valence-electron chi connectivity index (χ2n) is 4.58. The monoisotopic (exact) mass is 208 g/mol. The summed E-state index contributed by atoms with van der Waals surface area (Å²) < 4.78 is 0. The summed E-state index contributed by atoms with van der Waals surface area (Å²) in [5.74, 6) is 0.553. The number of aryl methyl sites for hydroxylation is 1. The van der Waals surface area contributed by atoms with Gasteiger partial charge >= 0.3 is 0 Å². The SMILES string of the molecule is CCc1ccc2c(c1)[C@@H](C)c1ccccc1-2. The molecule has 1 aliphatic carbocycles. The predicted octanol–water partition coefficient (Wildman–Crippen LogP) is 4.38. The molecule has 16 heavy (non-hydrogen) atoms. The summed E-state index contributed by atoms with van der Waals surface area (Å²) in [5, 5.41) is 0. The highest BCUT2D eigenvalue weighted by Crippen LogP contribution is 2.44. The zero-order valence-corrected chi connectivity index (χ0v) is 9.83. The van der Waals surface area contributed by atoms with Crippen molar-refractivity contribution in [2.75, 3.05) is 0 Å². The van der Waals surface area contributed by atoms with Gasteiger partial charge in [0.1, 0.15) is 0 Å². The maximum atomic E-state index is 2.38. The Labute approximate surface area is 96.9 Å². The summed E-state index contributed by atoms with van der Waals surface area (Å²) in [4.78, 5) is 0. The molecule has 0 bridgehead atoms.